The molecule has 2 aliphatic rings. The molecule has 2 aromatic carbocycles. The van der Waals surface area contributed by atoms with E-state index in [2.05, 4.69) is 5.32 Å². The molecule has 10 heteroatoms. The van der Waals surface area contributed by atoms with Gasteiger partial charge >= 0.3 is 0 Å². The average Bonchev–Trinajstić information content (AvgIpc) is 3.49. The molecule has 2 heterocycles. The molecule has 2 saturated heterocycles. The van der Waals surface area contributed by atoms with E-state index in [4.69, 9.17) is 9.47 Å². The maximum absolute atomic E-state index is 12.8. The van der Waals surface area contributed by atoms with Crippen LogP contribution in [0.1, 0.15) is 19.3 Å². The van der Waals surface area contributed by atoms with Crippen LogP contribution >= 0.6 is 0 Å². The number of sulfonamides is 1. The number of nitrogens with one attached hydrogen (secondary N) is 1. The van der Waals surface area contributed by atoms with Crippen molar-refractivity contribution in [2.75, 3.05) is 44.1 Å². The zero-order chi connectivity index (χ0) is 23.6. The van der Waals surface area contributed by atoms with Gasteiger partial charge in [-0.25, -0.2) is 8.42 Å². The predicted octanol–water partition coefficient (Wildman–Crippen LogP) is 2.48. The molecule has 9 nitrogen and oxygen atoms in total. The molecule has 1 atom stereocenters. The topological polar surface area (TPSA) is 105 Å². The molecule has 0 aromatic heterocycles. The highest BCUT2D eigenvalue weighted by molar-refractivity contribution is 7.89. The molecule has 2 amide bonds. The van der Waals surface area contributed by atoms with E-state index in [1.165, 1.54) is 35.6 Å². The normalized spacial score (nSPS) is 19.0. The lowest BCUT2D eigenvalue weighted by Crippen LogP contribution is -2.28. The monoisotopic (exact) mass is 473 g/mol. The number of ether oxygens (including phenoxy) is 2. The van der Waals surface area contributed by atoms with E-state index in [-0.39, 0.29) is 29.7 Å². The van der Waals surface area contributed by atoms with Gasteiger partial charge in [-0.1, -0.05) is 0 Å². The van der Waals surface area contributed by atoms with Crippen LogP contribution in [-0.2, 0) is 19.6 Å². The summed E-state index contributed by atoms with van der Waals surface area (Å²) in [4.78, 5) is 27.2. The summed E-state index contributed by atoms with van der Waals surface area (Å²) in [5, 5.41) is 2.79. The number of carbonyl (C=O) groups is 2. The summed E-state index contributed by atoms with van der Waals surface area (Å²) in [5.74, 6) is 0.0496. The summed E-state index contributed by atoms with van der Waals surface area (Å²) in [7, 11) is -0.456. The lowest BCUT2D eigenvalue weighted by atomic mass is 10.1. The minimum Gasteiger partial charge on any atom is -0.497 e. The van der Waals surface area contributed by atoms with E-state index < -0.39 is 15.9 Å². The van der Waals surface area contributed by atoms with Crippen molar-refractivity contribution in [1.29, 1.82) is 0 Å². The van der Waals surface area contributed by atoms with Gasteiger partial charge in [0.25, 0.3) is 0 Å². The van der Waals surface area contributed by atoms with Crippen molar-refractivity contribution in [2.24, 2.45) is 5.92 Å². The van der Waals surface area contributed by atoms with Crippen molar-refractivity contribution in [1.82, 2.24) is 4.31 Å². The van der Waals surface area contributed by atoms with Gasteiger partial charge in [0.1, 0.15) is 11.5 Å². The molecule has 0 radical (unpaired) electrons. The number of carbonyl (C=O) groups excluding carboxylic acids is 2. The first-order valence-corrected chi connectivity index (χ1v) is 12.2. The Kier molecular flexibility index (Phi) is 6.57. The summed E-state index contributed by atoms with van der Waals surface area (Å²) in [6.45, 7) is 1.27. The van der Waals surface area contributed by atoms with Gasteiger partial charge in [0.15, 0.2) is 0 Å². The average molecular weight is 474 g/mol. The van der Waals surface area contributed by atoms with Gasteiger partial charge < -0.3 is 19.7 Å². The van der Waals surface area contributed by atoms with Crippen LogP contribution in [0.4, 0.5) is 11.4 Å². The Balaban J connectivity index is 1.44. The maximum Gasteiger partial charge on any atom is 0.243 e. The summed E-state index contributed by atoms with van der Waals surface area (Å²) in [5.41, 5.74) is 1.03. The molecule has 176 valence electrons. The van der Waals surface area contributed by atoms with Gasteiger partial charge in [-0.05, 0) is 49.2 Å². The number of anilines is 2. The lowest BCUT2D eigenvalue weighted by Gasteiger charge is -2.20. The predicted molar refractivity (Wildman–Crippen MR) is 123 cm³/mol. The van der Waals surface area contributed by atoms with E-state index in [0.29, 0.717) is 36.0 Å². The van der Waals surface area contributed by atoms with Gasteiger partial charge in [-0.2, -0.15) is 4.31 Å². The van der Waals surface area contributed by atoms with E-state index in [9.17, 15) is 18.0 Å². The molecule has 0 spiro atoms. The van der Waals surface area contributed by atoms with Crippen LogP contribution in [0.25, 0.3) is 0 Å². The molecule has 0 bridgehead atoms. The van der Waals surface area contributed by atoms with E-state index in [0.717, 1.165) is 12.8 Å². The lowest BCUT2D eigenvalue weighted by molar-refractivity contribution is -0.122. The van der Waals surface area contributed by atoms with Gasteiger partial charge in [0.2, 0.25) is 21.8 Å². The molecular formula is C23H27N3O6S. The Morgan fingerprint density at radius 2 is 1.73 bits per heavy atom. The fraction of sp³-hybridized carbons (Fsp3) is 0.391. The molecule has 2 aromatic rings. The molecule has 0 unspecified atom stereocenters. The second-order valence-electron chi connectivity index (χ2n) is 8.07. The minimum atomic E-state index is -3.51. The third kappa shape index (κ3) is 4.67. The fourth-order valence-corrected chi connectivity index (χ4v) is 5.67. The van der Waals surface area contributed by atoms with Gasteiger partial charge in [-0.3, -0.25) is 9.59 Å². The Morgan fingerprint density at radius 3 is 2.36 bits per heavy atom. The maximum atomic E-state index is 12.8. The molecule has 4 rings (SSSR count). The summed E-state index contributed by atoms with van der Waals surface area (Å²) in [6.07, 6.45) is 1.80. The van der Waals surface area contributed by atoms with Crippen LogP contribution in [0.3, 0.4) is 0 Å². The van der Waals surface area contributed by atoms with Crippen molar-refractivity contribution in [3.8, 4) is 11.5 Å². The number of benzene rings is 2. The van der Waals surface area contributed by atoms with E-state index in [1.807, 2.05) is 0 Å². The largest absolute Gasteiger partial charge is 0.497 e. The van der Waals surface area contributed by atoms with Crippen LogP contribution in [-0.4, -0.2) is 58.4 Å². The van der Waals surface area contributed by atoms with Gasteiger partial charge in [-0.15, -0.1) is 0 Å². The summed E-state index contributed by atoms with van der Waals surface area (Å²) < 4.78 is 37.4. The Hall–Kier alpha value is -3.11. The van der Waals surface area contributed by atoms with Crippen LogP contribution in [0.2, 0.25) is 0 Å². The first-order chi connectivity index (χ1) is 15.8. The van der Waals surface area contributed by atoms with Crippen molar-refractivity contribution in [3.63, 3.8) is 0 Å². The Labute approximate surface area is 193 Å². The van der Waals surface area contributed by atoms with Crippen LogP contribution in [0, 0.1) is 5.92 Å². The van der Waals surface area contributed by atoms with Crippen molar-refractivity contribution >= 4 is 33.2 Å². The second-order valence-corrected chi connectivity index (χ2v) is 10.0. The number of methoxy groups -OCH3 is 2. The molecule has 2 aliphatic heterocycles. The van der Waals surface area contributed by atoms with Gasteiger partial charge in [0, 0.05) is 37.8 Å². The highest BCUT2D eigenvalue weighted by Crippen LogP contribution is 2.36. The first kappa shape index (κ1) is 23.1. The number of amides is 2. The van der Waals surface area contributed by atoms with Crippen LogP contribution in [0.15, 0.2) is 47.4 Å². The molecule has 2 fully saturated rings. The molecule has 0 saturated carbocycles. The molecule has 33 heavy (non-hydrogen) atoms. The van der Waals surface area contributed by atoms with Crippen molar-refractivity contribution < 1.29 is 27.5 Å². The number of hydrogen-bond donors (Lipinski definition) is 1. The first-order valence-electron chi connectivity index (χ1n) is 10.8. The summed E-state index contributed by atoms with van der Waals surface area (Å²) in [6, 6.07) is 11.3. The Morgan fingerprint density at radius 1 is 1.03 bits per heavy atom. The van der Waals surface area contributed by atoms with Crippen LogP contribution < -0.4 is 19.7 Å². The van der Waals surface area contributed by atoms with E-state index in [1.54, 1.807) is 30.3 Å². The zero-order valence-electron chi connectivity index (χ0n) is 18.6. The smallest absolute Gasteiger partial charge is 0.243 e. The third-order valence-corrected chi connectivity index (χ3v) is 7.91. The SMILES string of the molecule is COc1ccc(OC)c(N2C[C@@H](C(=O)Nc3ccc(S(=O)(=O)N4CCCC4)cc3)CC2=O)c1. The molecule has 1 N–H and O–H groups in total. The third-order valence-electron chi connectivity index (χ3n) is 6.00. The number of hydrogen-bond acceptors (Lipinski definition) is 6. The summed E-state index contributed by atoms with van der Waals surface area (Å²) >= 11 is 0. The van der Waals surface area contributed by atoms with Crippen molar-refractivity contribution in [2.45, 2.75) is 24.2 Å². The number of nitrogens with zero attached hydrogens (tertiary/aromatic N) is 2. The van der Waals surface area contributed by atoms with Crippen molar-refractivity contribution in [3.05, 3.63) is 42.5 Å². The Bertz CT molecular complexity index is 1140. The van der Waals surface area contributed by atoms with E-state index >= 15 is 0 Å². The quantitative estimate of drug-likeness (QED) is 0.662. The highest BCUT2D eigenvalue weighted by Gasteiger charge is 2.36. The zero-order valence-corrected chi connectivity index (χ0v) is 19.4. The highest BCUT2D eigenvalue weighted by atomic mass is 32.2. The second kappa shape index (κ2) is 9.40. The fourth-order valence-electron chi connectivity index (χ4n) is 4.16. The van der Waals surface area contributed by atoms with Crippen LogP contribution in [0.5, 0.6) is 11.5 Å². The number of rotatable bonds is 7. The minimum absolute atomic E-state index is 0.0631. The standard InChI is InChI=1S/C23H27N3O6S/c1-31-18-7-10-21(32-2)20(14-18)26-15-16(13-22(26)27)23(28)24-17-5-8-19(9-6-17)33(29,30)25-11-3-4-12-25/h5-10,14,16H,3-4,11-13,15H2,1-2H3,(H,24,28)/t16-/m0/s1. The molecule has 0 aliphatic carbocycles. The van der Waals surface area contributed by atoms with Gasteiger partial charge in [0.05, 0.1) is 30.7 Å². The molecular weight excluding hydrogens is 446 g/mol.